The number of piperazine rings is 2. The van der Waals surface area contributed by atoms with Crippen LogP contribution in [0.5, 0.6) is 17.2 Å². The summed E-state index contributed by atoms with van der Waals surface area (Å²) >= 11 is 16.2. The summed E-state index contributed by atoms with van der Waals surface area (Å²) in [5.41, 5.74) is 7.29. The predicted octanol–water partition coefficient (Wildman–Crippen LogP) is 6.50. The van der Waals surface area contributed by atoms with Crippen molar-refractivity contribution < 1.29 is 15.3 Å². The molecule has 6 aromatic carbocycles. The molecule has 19 nitrogen and oxygen atoms in total. The van der Waals surface area contributed by atoms with Gasteiger partial charge < -0.3 is 41.5 Å². The van der Waals surface area contributed by atoms with E-state index in [0.29, 0.717) is 47.9 Å². The molecule has 10 rings (SSSR count). The Morgan fingerprint density at radius 2 is 0.950 bits per heavy atom. The third-order valence-corrected chi connectivity index (χ3v) is 14.1. The molecule has 2 saturated heterocycles. The number of nitrogens with one attached hydrogen (secondary N) is 2. The van der Waals surface area contributed by atoms with Crippen LogP contribution in [0.25, 0.3) is 32.3 Å². The second kappa shape index (κ2) is 32.2. The fourth-order valence-electron chi connectivity index (χ4n) is 9.01. The minimum atomic E-state index is -0.386. The van der Waals surface area contributed by atoms with Crippen LogP contribution in [0.2, 0.25) is 0 Å². The number of aryl methyl sites for hydroxylation is 2. The van der Waals surface area contributed by atoms with Gasteiger partial charge in [-0.3, -0.25) is 23.6 Å². The molecule has 0 saturated carbocycles. The van der Waals surface area contributed by atoms with Gasteiger partial charge in [0.05, 0.1) is 0 Å². The predicted molar refractivity (Wildman–Crippen MR) is 326 cm³/mol. The maximum absolute atomic E-state index is 12.0. The van der Waals surface area contributed by atoms with Crippen molar-refractivity contribution in [3.8, 4) is 17.2 Å². The highest BCUT2D eigenvalue weighted by Gasteiger charge is 2.19. The number of hydrogen-bond donors (Lipinski definition) is 6. The Balaban J connectivity index is 0.000000176. The van der Waals surface area contributed by atoms with Crippen molar-refractivity contribution in [3.63, 3.8) is 0 Å². The second-order valence-corrected chi connectivity index (χ2v) is 20.1. The molecular formula is C58H73Cl3N12O7. The van der Waals surface area contributed by atoms with E-state index in [-0.39, 0.29) is 28.2 Å². The monoisotopic (exact) mass is 1150 g/mol. The van der Waals surface area contributed by atoms with E-state index in [0.717, 1.165) is 140 Å². The van der Waals surface area contributed by atoms with Crippen LogP contribution >= 0.6 is 34.8 Å². The minimum Gasteiger partial charge on any atom is -0.508 e. The van der Waals surface area contributed by atoms with E-state index in [1.54, 1.807) is 24.3 Å². The number of unbranched alkanes of at least 4 members (excludes halogenated alkanes) is 2. The number of halogens is 3. The van der Waals surface area contributed by atoms with E-state index < -0.39 is 0 Å². The summed E-state index contributed by atoms with van der Waals surface area (Å²) in [6.45, 7) is 11.6. The van der Waals surface area contributed by atoms with Crippen molar-refractivity contribution in [3.05, 3.63) is 163 Å². The summed E-state index contributed by atoms with van der Waals surface area (Å²) in [6.07, 6.45) is 5.76. The molecule has 8 aromatic rings. The maximum atomic E-state index is 12.0. The van der Waals surface area contributed by atoms with Crippen molar-refractivity contribution in [2.75, 3.05) is 105 Å². The van der Waals surface area contributed by atoms with Gasteiger partial charge in [-0.15, -0.1) is 34.8 Å². The maximum Gasteiger partial charge on any atom is 0.347 e. The van der Waals surface area contributed by atoms with Gasteiger partial charge in [-0.05, 0) is 103 Å². The molecule has 0 bridgehead atoms. The van der Waals surface area contributed by atoms with Crippen LogP contribution in [0.15, 0.2) is 141 Å². The molecule has 22 heteroatoms. The summed E-state index contributed by atoms with van der Waals surface area (Å²) in [4.78, 5) is 53.0. The lowest BCUT2D eigenvalue weighted by molar-refractivity contribution is 0.250. The van der Waals surface area contributed by atoms with Crippen molar-refractivity contribution in [1.82, 2.24) is 44.2 Å². The quantitative estimate of drug-likeness (QED) is 0.0365. The third kappa shape index (κ3) is 18.2. The molecule has 2 aliphatic heterocycles. The first-order valence-corrected chi connectivity index (χ1v) is 28.3. The fourth-order valence-corrected chi connectivity index (χ4v) is 9.46. The number of benzene rings is 6. The van der Waals surface area contributed by atoms with Crippen LogP contribution in [0.3, 0.4) is 0 Å². The lowest BCUT2D eigenvalue weighted by atomic mass is 10.1. The number of aromatic hydroxyl groups is 3. The van der Waals surface area contributed by atoms with E-state index in [1.807, 2.05) is 48.5 Å². The molecule has 0 atom stereocenters. The molecule has 0 aliphatic carbocycles. The fraction of sp³-hybridized carbons (Fsp3) is 0.379. The van der Waals surface area contributed by atoms with Crippen LogP contribution in [0.1, 0.15) is 25.7 Å². The topological polar surface area (TPSA) is 234 Å². The third-order valence-electron chi connectivity index (χ3n) is 13.4. The van der Waals surface area contributed by atoms with Crippen LogP contribution in [0, 0.1) is 0 Å². The Morgan fingerprint density at radius 3 is 1.43 bits per heavy atom. The molecular weight excluding hydrogens is 1080 g/mol. The van der Waals surface area contributed by atoms with Crippen LogP contribution in [-0.2, 0) is 27.2 Å². The Kier molecular flexibility index (Phi) is 25.0. The number of hydrogen-bond acceptors (Lipinski definition) is 15. The van der Waals surface area contributed by atoms with E-state index in [4.69, 9.17) is 40.5 Å². The molecule has 0 amide bonds. The zero-order valence-corrected chi connectivity index (χ0v) is 47.7. The Labute approximate surface area is 479 Å². The van der Waals surface area contributed by atoms with Gasteiger partial charge in [0.25, 0.3) is 11.1 Å². The number of nitrogens with zero attached hydrogens (tertiary/aromatic N) is 9. The SMILES string of the molecule is ClCCNCCCl.Cn1c(=O)cnn(CCCCCl)c1=O.Cn1c(=O)cnn(CCCCN2CCN(c3cccc4ccc(O)cc34)CC2)c1=O.Nc1cccc2ccc(O)cc12.Oc1ccc2cccc(N3CCNCC3)c2c1. The lowest BCUT2D eigenvalue weighted by Gasteiger charge is -2.36. The van der Waals surface area contributed by atoms with Gasteiger partial charge in [0.15, 0.2) is 0 Å². The van der Waals surface area contributed by atoms with Crippen LogP contribution < -0.4 is 48.7 Å². The highest BCUT2D eigenvalue weighted by Crippen LogP contribution is 2.32. The molecule has 0 radical (unpaired) electrons. The van der Waals surface area contributed by atoms with Gasteiger partial charge in [-0.1, -0.05) is 54.6 Å². The number of nitrogens with two attached hydrogens (primary N) is 1. The zero-order chi connectivity index (χ0) is 57.4. The van der Waals surface area contributed by atoms with Gasteiger partial charge in [0, 0.05) is 143 Å². The molecule has 0 unspecified atom stereocenters. The number of aromatic nitrogens is 6. The molecule has 80 heavy (non-hydrogen) atoms. The average molecular weight is 1160 g/mol. The number of rotatable bonds is 15. The highest BCUT2D eigenvalue weighted by molar-refractivity contribution is 6.18. The lowest BCUT2D eigenvalue weighted by Crippen LogP contribution is -2.46. The van der Waals surface area contributed by atoms with Gasteiger partial charge in [0.1, 0.15) is 29.6 Å². The summed E-state index contributed by atoms with van der Waals surface area (Å²) < 4.78 is 4.75. The summed E-state index contributed by atoms with van der Waals surface area (Å²) in [5, 5.41) is 49.2. The second-order valence-electron chi connectivity index (χ2n) is 19.0. The van der Waals surface area contributed by atoms with Gasteiger partial charge in [-0.2, -0.15) is 10.2 Å². The first-order valence-electron chi connectivity index (χ1n) is 26.7. The van der Waals surface area contributed by atoms with Crippen LogP contribution in [0.4, 0.5) is 17.1 Å². The van der Waals surface area contributed by atoms with Crippen molar-refractivity contribution in [2.24, 2.45) is 14.1 Å². The number of nitrogen functional groups attached to an aromatic ring is 1. The number of alkyl halides is 3. The zero-order valence-electron chi connectivity index (χ0n) is 45.4. The highest BCUT2D eigenvalue weighted by atomic mass is 35.5. The smallest absolute Gasteiger partial charge is 0.347 e. The average Bonchev–Trinajstić information content (AvgIpc) is 3.49. The minimum absolute atomic E-state index is 0.250. The van der Waals surface area contributed by atoms with Crippen molar-refractivity contribution in [2.45, 2.75) is 38.8 Å². The standard InChI is InChI=1S/C22H27N5O3.C14H16N2O.C10H9NO.C8H12ClN3O2.C4H9Cl2N/c1-24-21(29)16-23-27(22(24)30)10-3-2-9-25-11-13-26(14-12-25)20-6-4-5-17-7-8-18(28)15-19(17)20;17-12-5-4-11-2-1-3-14(13(11)10-12)16-8-6-15-7-9-16;11-10-3-1-2-7-4-5-8(12)6-9(7)10;1-11-7(13)6-10-12(8(11)14)5-3-2-4-9;5-1-3-7-4-2-6/h4-8,15-16,28H,2-3,9-14H2,1H3;1-5,10,15,17H,6-9H2;1-6,12H,11H2;6H,2-5H2,1H3;7H,1-4H2. The molecule has 4 heterocycles. The Bertz CT molecular complexity index is 3470. The molecule has 7 N–H and O–H groups in total. The Hall–Kier alpha value is -7.13. The van der Waals surface area contributed by atoms with Gasteiger partial charge in [0.2, 0.25) is 0 Å². The van der Waals surface area contributed by atoms with E-state index in [1.165, 1.54) is 46.4 Å². The number of anilines is 3. The largest absolute Gasteiger partial charge is 0.508 e. The van der Waals surface area contributed by atoms with Gasteiger partial charge >= 0.3 is 11.4 Å². The summed E-state index contributed by atoms with van der Waals surface area (Å²) in [6, 6.07) is 34.5. The Morgan fingerprint density at radius 1 is 0.525 bits per heavy atom. The van der Waals surface area contributed by atoms with E-state index in [9.17, 15) is 34.5 Å². The first-order chi connectivity index (χ1) is 38.7. The van der Waals surface area contributed by atoms with E-state index in [2.05, 4.69) is 71.9 Å². The number of fused-ring (bicyclic) bond motifs is 3. The summed E-state index contributed by atoms with van der Waals surface area (Å²) in [7, 11) is 2.91. The molecule has 428 valence electrons. The normalized spacial score (nSPS) is 13.3. The molecule has 2 fully saturated rings. The molecule has 2 aromatic heterocycles. The van der Waals surface area contributed by atoms with Gasteiger partial charge in [-0.25, -0.2) is 19.0 Å². The first kappa shape index (κ1) is 62.1. The molecule has 2 aliphatic rings. The summed E-state index contributed by atoms with van der Waals surface area (Å²) in [5.74, 6) is 2.77. The molecule has 0 spiro atoms. The van der Waals surface area contributed by atoms with Crippen LogP contribution in [-0.4, -0.2) is 139 Å². The number of phenolic OH excluding ortho intramolecular Hbond substituents is 3. The number of phenols is 3. The van der Waals surface area contributed by atoms with Crippen molar-refractivity contribution in [1.29, 1.82) is 0 Å². The van der Waals surface area contributed by atoms with E-state index >= 15 is 0 Å². The van der Waals surface area contributed by atoms with Crippen molar-refractivity contribution >= 4 is 84.2 Å².